The highest BCUT2D eigenvalue weighted by Crippen LogP contribution is 2.40. The first-order valence-electron chi connectivity index (χ1n) is 9.67. The van der Waals surface area contributed by atoms with Crippen molar-refractivity contribution in [2.45, 2.75) is 18.3 Å². The molecule has 0 radical (unpaired) electrons. The average Bonchev–Trinajstić information content (AvgIpc) is 3.38. The number of hydrogen-bond acceptors (Lipinski definition) is 4. The third-order valence-electron chi connectivity index (χ3n) is 5.85. The minimum Gasteiger partial charge on any atom is -0.454 e. The van der Waals surface area contributed by atoms with Crippen LogP contribution in [0.4, 0.5) is 0 Å². The molecule has 5 rings (SSSR count). The van der Waals surface area contributed by atoms with Gasteiger partial charge in [0.05, 0.1) is 0 Å². The summed E-state index contributed by atoms with van der Waals surface area (Å²) in [6, 6.07) is 13.9. The van der Waals surface area contributed by atoms with Crippen molar-refractivity contribution in [1.29, 1.82) is 0 Å². The van der Waals surface area contributed by atoms with Gasteiger partial charge in [0.25, 0.3) is 5.91 Å². The van der Waals surface area contributed by atoms with Crippen molar-refractivity contribution in [1.82, 2.24) is 10.3 Å². The summed E-state index contributed by atoms with van der Waals surface area (Å²) >= 11 is 3.46. The Morgan fingerprint density at radius 1 is 1.07 bits per heavy atom. The predicted molar refractivity (Wildman–Crippen MR) is 113 cm³/mol. The highest BCUT2D eigenvalue weighted by molar-refractivity contribution is 9.10. The summed E-state index contributed by atoms with van der Waals surface area (Å²) in [5, 5.41) is 4.15. The Bertz CT molecular complexity index is 1070. The Morgan fingerprint density at radius 2 is 1.90 bits per heavy atom. The van der Waals surface area contributed by atoms with E-state index in [0.29, 0.717) is 25.5 Å². The molecule has 29 heavy (non-hydrogen) atoms. The van der Waals surface area contributed by atoms with E-state index in [9.17, 15) is 4.79 Å². The summed E-state index contributed by atoms with van der Waals surface area (Å²) in [5.74, 6) is 1.43. The highest BCUT2D eigenvalue weighted by Gasteiger charge is 2.36. The van der Waals surface area contributed by atoms with E-state index in [1.165, 1.54) is 0 Å². The standard InChI is InChI=1S/C22H21BrN2O4/c23-16-3-1-14-9-18(25-17(14)11-16)21(26)24-12-22(5-7-27-8-6-22)15-2-4-19-20(10-15)29-13-28-19/h1-4,9-11,25H,5-8,12-13H2,(H,24,26). The molecule has 1 aromatic heterocycles. The molecule has 2 aliphatic heterocycles. The van der Waals surface area contributed by atoms with Gasteiger partial charge in [0.1, 0.15) is 5.69 Å². The van der Waals surface area contributed by atoms with E-state index < -0.39 is 0 Å². The Morgan fingerprint density at radius 3 is 2.76 bits per heavy atom. The Hall–Kier alpha value is -2.51. The van der Waals surface area contributed by atoms with Crippen LogP contribution in [-0.2, 0) is 10.2 Å². The predicted octanol–water partition coefficient (Wildman–Crippen LogP) is 4.14. The van der Waals surface area contributed by atoms with E-state index in [2.05, 4.69) is 32.3 Å². The van der Waals surface area contributed by atoms with Crippen LogP contribution in [0.3, 0.4) is 0 Å². The number of H-pyrrole nitrogens is 1. The van der Waals surface area contributed by atoms with Crippen molar-refractivity contribution in [2.24, 2.45) is 0 Å². The van der Waals surface area contributed by atoms with Gasteiger partial charge in [0.2, 0.25) is 6.79 Å². The first-order valence-corrected chi connectivity index (χ1v) is 10.5. The number of hydrogen-bond donors (Lipinski definition) is 2. The molecule has 150 valence electrons. The van der Waals surface area contributed by atoms with Gasteiger partial charge in [-0.15, -0.1) is 0 Å². The van der Waals surface area contributed by atoms with Crippen molar-refractivity contribution in [3.63, 3.8) is 0 Å². The molecule has 1 saturated heterocycles. The van der Waals surface area contributed by atoms with Gasteiger partial charge in [-0.05, 0) is 48.7 Å². The first kappa shape index (κ1) is 18.5. The molecule has 6 nitrogen and oxygen atoms in total. The number of nitrogens with one attached hydrogen (secondary N) is 2. The maximum absolute atomic E-state index is 12.9. The zero-order chi connectivity index (χ0) is 19.8. The lowest BCUT2D eigenvalue weighted by Gasteiger charge is -2.38. The van der Waals surface area contributed by atoms with E-state index in [4.69, 9.17) is 14.2 Å². The van der Waals surface area contributed by atoms with Crippen LogP contribution < -0.4 is 14.8 Å². The quantitative estimate of drug-likeness (QED) is 0.618. The fourth-order valence-electron chi connectivity index (χ4n) is 4.12. The second-order valence-corrected chi connectivity index (χ2v) is 8.47. The van der Waals surface area contributed by atoms with Crippen molar-refractivity contribution in [3.05, 3.63) is 58.2 Å². The van der Waals surface area contributed by atoms with Gasteiger partial charge < -0.3 is 24.5 Å². The SMILES string of the molecule is O=C(NCC1(c2ccc3c(c2)OCO3)CCOCC1)c1cc2ccc(Br)cc2[nH]1. The molecule has 0 unspecified atom stereocenters. The lowest BCUT2D eigenvalue weighted by Crippen LogP contribution is -2.44. The number of amides is 1. The molecule has 1 amide bonds. The molecule has 7 heteroatoms. The molecular formula is C22H21BrN2O4. The van der Waals surface area contributed by atoms with Crippen LogP contribution in [0.15, 0.2) is 46.9 Å². The number of rotatable bonds is 4. The maximum atomic E-state index is 12.9. The summed E-state index contributed by atoms with van der Waals surface area (Å²) < 4.78 is 17.6. The number of halogens is 1. The Labute approximate surface area is 176 Å². The second-order valence-electron chi connectivity index (χ2n) is 7.56. The number of aromatic nitrogens is 1. The fraction of sp³-hybridized carbons (Fsp3) is 0.318. The molecule has 3 aromatic rings. The molecule has 0 saturated carbocycles. The number of benzene rings is 2. The van der Waals surface area contributed by atoms with E-state index in [1.54, 1.807) is 0 Å². The minimum atomic E-state index is -0.191. The fourth-order valence-corrected chi connectivity index (χ4v) is 4.48. The molecule has 3 heterocycles. The van der Waals surface area contributed by atoms with Gasteiger partial charge in [0, 0.05) is 40.5 Å². The van der Waals surface area contributed by atoms with Crippen molar-refractivity contribution < 1.29 is 19.0 Å². The average molecular weight is 457 g/mol. The highest BCUT2D eigenvalue weighted by atomic mass is 79.9. The van der Waals surface area contributed by atoms with Gasteiger partial charge in [0.15, 0.2) is 11.5 Å². The van der Waals surface area contributed by atoms with E-state index in [1.807, 2.05) is 36.4 Å². The number of carbonyl (C=O) groups excluding carboxylic acids is 1. The molecule has 2 aliphatic rings. The van der Waals surface area contributed by atoms with Crippen molar-refractivity contribution in [3.8, 4) is 11.5 Å². The molecule has 2 aromatic carbocycles. The Kier molecular flexibility index (Phi) is 4.72. The second kappa shape index (κ2) is 7.39. The van der Waals surface area contributed by atoms with E-state index >= 15 is 0 Å². The number of fused-ring (bicyclic) bond motifs is 2. The van der Waals surface area contributed by atoms with Crippen LogP contribution >= 0.6 is 15.9 Å². The lowest BCUT2D eigenvalue weighted by molar-refractivity contribution is 0.0486. The molecule has 2 N–H and O–H groups in total. The third-order valence-corrected chi connectivity index (χ3v) is 6.34. The largest absolute Gasteiger partial charge is 0.454 e. The molecule has 0 atom stereocenters. The number of carbonyl (C=O) groups is 1. The summed E-state index contributed by atoms with van der Waals surface area (Å²) in [5.41, 5.74) is 2.45. The number of ether oxygens (including phenoxy) is 3. The monoisotopic (exact) mass is 456 g/mol. The minimum absolute atomic E-state index is 0.107. The van der Waals surface area contributed by atoms with Crippen LogP contribution in [0.5, 0.6) is 11.5 Å². The molecule has 1 fully saturated rings. The first-order chi connectivity index (χ1) is 14.1. The molecule has 0 spiro atoms. The van der Waals surface area contributed by atoms with Gasteiger partial charge in [-0.3, -0.25) is 4.79 Å². The molecule has 0 aliphatic carbocycles. The van der Waals surface area contributed by atoms with E-state index in [-0.39, 0.29) is 18.1 Å². The summed E-state index contributed by atoms with van der Waals surface area (Å²) in [7, 11) is 0. The third kappa shape index (κ3) is 3.49. The zero-order valence-electron chi connectivity index (χ0n) is 15.8. The van der Waals surface area contributed by atoms with Gasteiger partial charge in [-0.1, -0.05) is 28.1 Å². The van der Waals surface area contributed by atoms with Crippen molar-refractivity contribution >= 4 is 32.7 Å². The summed E-state index contributed by atoms with van der Waals surface area (Å²) in [6.07, 6.45) is 1.68. The smallest absolute Gasteiger partial charge is 0.267 e. The zero-order valence-corrected chi connectivity index (χ0v) is 17.4. The van der Waals surface area contributed by atoms with Crippen LogP contribution in [0.2, 0.25) is 0 Å². The van der Waals surface area contributed by atoms with E-state index in [0.717, 1.165) is 45.3 Å². The summed E-state index contributed by atoms with van der Waals surface area (Å²) in [6.45, 7) is 2.13. The topological polar surface area (TPSA) is 72.6 Å². The maximum Gasteiger partial charge on any atom is 0.267 e. The number of aromatic amines is 1. The Balaban J connectivity index is 1.38. The van der Waals surface area contributed by atoms with Gasteiger partial charge in [-0.25, -0.2) is 0 Å². The van der Waals surface area contributed by atoms with Crippen LogP contribution in [0, 0.1) is 0 Å². The van der Waals surface area contributed by atoms with Crippen LogP contribution in [-0.4, -0.2) is 37.4 Å². The van der Waals surface area contributed by atoms with Gasteiger partial charge in [-0.2, -0.15) is 0 Å². The normalized spacial score (nSPS) is 17.4. The molecular weight excluding hydrogens is 436 g/mol. The summed E-state index contributed by atoms with van der Waals surface area (Å²) in [4.78, 5) is 16.1. The lowest BCUT2D eigenvalue weighted by atomic mass is 9.74. The molecule has 0 bridgehead atoms. The van der Waals surface area contributed by atoms with Crippen molar-refractivity contribution in [2.75, 3.05) is 26.6 Å². The van der Waals surface area contributed by atoms with Crippen LogP contribution in [0.1, 0.15) is 28.9 Å². The van der Waals surface area contributed by atoms with Crippen LogP contribution in [0.25, 0.3) is 10.9 Å². The van der Waals surface area contributed by atoms with Gasteiger partial charge >= 0.3 is 0 Å².